The molecule has 0 aliphatic rings. The third-order valence-corrected chi connectivity index (χ3v) is 2.75. The summed E-state index contributed by atoms with van der Waals surface area (Å²) >= 11 is 0. The molecule has 0 bridgehead atoms. The van der Waals surface area contributed by atoms with Crippen molar-refractivity contribution in [3.8, 4) is 0 Å². The third-order valence-electron chi connectivity index (χ3n) is 2.75. The fourth-order valence-electron chi connectivity index (χ4n) is 1.97. The summed E-state index contributed by atoms with van der Waals surface area (Å²) in [5.74, 6) is 0. The molecule has 0 spiro atoms. The zero-order chi connectivity index (χ0) is 12.4. The first kappa shape index (κ1) is 11.2. The number of rotatable bonds is 3. The van der Waals surface area contributed by atoms with Crippen molar-refractivity contribution in [3.05, 3.63) is 40.4 Å². The van der Waals surface area contributed by atoms with E-state index < -0.39 is 0 Å². The predicted molar refractivity (Wildman–Crippen MR) is 69.7 cm³/mol. The van der Waals surface area contributed by atoms with Gasteiger partial charge in [0, 0.05) is 36.9 Å². The fourth-order valence-corrected chi connectivity index (χ4v) is 1.97. The van der Waals surface area contributed by atoms with Crippen LogP contribution >= 0.6 is 0 Å². The summed E-state index contributed by atoms with van der Waals surface area (Å²) in [6.45, 7) is 0. The molecule has 88 valence electrons. The number of hydrogen-bond acceptors (Lipinski definition) is 4. The average Bonchev–Trinajstić information content (AvgIpc) is 2.36. The SMILES string of the molecule is CNc1cccc2c([N+](=O)[O-])ccc(NC)c12. The second-order valence-electron chi connectivity index (χ2n) is 3.62. The van der Waals surface area contributed by atoms with E-state index in [9.17, 15) is 10.1 Å². The Bertz CT molecular complexity index is 571. The summed E-state index contributed by atoms with van der Waals surface area (Å²) in [7, 11) is 3.60. The highest BCUT2D eigenvalue weighted by Gasteiger charge is 2.15. The van der Waals surface area contributed by atoms with Gasteiger partial charge >= 0.3 is 0 Å². The summed E-state index contributed by atoms with van der Waals surface area (Å²) in [6, 6.07) is 8.71. The predicted octanol–water partition coefficient (Wildman–Crippen LogP) is 2.83. The van der Waals surface area contributed by atoms with E-state index in [0.717, 1.165) is 16.8 Å². The molecule has 2 aromatic carbocycles. The van der Waals surface area contributed by atoms with E-state index in [-0.39, 0.29) is 10.6 Å². The van der Waals surface area contributed by atoms with Gasteiger partial charge in [0.05, 0.1) is 10.3 Å². The van der Waals surface area contributed by atoms with E-state index in [1.807, 2.05) is 6.07 Å². The van der Waals surface area contributed by atoms with Crippen LogP contribution in [-0.4, -0.2) is 19.0 Å². The van der Waals surface area contributed by atoms with Crippen LogP contribution in [-0.2, 0) is 0 Å². The van der Waals surface area contributed by atoms with Crippen molar-refractivity contribution in [1.29, 1.82) is 0 Å². The van der Waals surface area contributed by atoms with E-state index in [2.05, 4.69) is 10.6 Å². The van der Waals surface area contributed by atoms with Crippen LogP contribution in [0.2, 0.25) is 0 Å². The maximum absolute atomic E-state index is 11.0. The maximum Gasteiger partial charge on any atom is 0.277 e. The summed E-state index contributed by atoms with van der Waals surface area (Å²) in [5, 5.41) is 18.5. The van der Waals surface area contributed by atoms with E-state index in [0.29, 0.717) is 5.39 Å². The number of fused-ring (bicyclic) bond motifs is 1. The van der Waals surface area contributed by atoms with Gasteiger partial charge in [-0.15, -0.1) is 0 Å². The lowest BCUT2D eigenvalue weighted by molar-refractivity contribution is -0.383. The average molecular weight is 231 g/mol. The van der Waals surface area contributed by atoms with Crippen molar-refractivity contribution < 1.29 is 4.92 Å². The molecule has 0 saturated carbocycles. The van der Waals surface area contributed by atoms with Crippen LogP contribution in [0.15, 0.2) is 30.3 Å². The molecule has 17 heavy (non-hydrogen) atoms. The minimum atomic E-state index is -0.360. The first-order chi connectivity index (χ1) is 8.19. The van der Waals surface area contributed by atoms with Crippen molar-refractivity contribution in [2.75, 3.05) is 24.7 Å². The van der Waals surface area contributed by atoms with Crippen LogP contribution in [0.5, 0.6) is 0 Å². The van der Waals surface area contributed by atoms with E-state index in [1.165, 1.54) is 6.07 Å². The highest BCUT2D eigenvalue weighted by molar-refractivity contribution is 6.07. The molecule has 2 N–H and O–H groups in total. The smallest absolute Gasteiger partial charge is 0.277 e. The van der Waals surface area contributed by atoms with Crippen LogP contribution < -0.4 is 10.6 Å². The maximum atomic E-state index is 11.0. The molecule has 0 amide bonds. The van der Waals surface area contributed by atoms with Crippen LogP contribution in [0.1, 0.15) is 0 Å². The van der Waals surface area contributed by atoms with E-state index in [4.69, 9.17) is 0 Å². The Kier molecular flexibility index (Phi) is 2.82. The second kappa shape index (κ2) is 4.29. The number of hydrogen-bond donors (Lipinski definition) is 2. The Morgan fingerprint density at radius 2 is 1.71 bits per heavy atom. The number of nitrogens with one attached hydrogen (secondary N) is 2. The Balaban J connectivity index is 2.89. The van der Waals surface area contributed by atoms with Gasteiger partial charge in [0.15, 0.2) is 0 Å². The molecule has 5 heteroatoms. The van der Waals surface area contributed by atoms with Gasteiger partial charge in [-0.1, -0.05) is 6.07 Å². The lowest BCUT2D eigenvalue weighted by Crippen LogP contribution is -1.97. The summed E-state index contributed by atoms with van der Waals surface area (Å²) in [4.78, 5) is 10.6. The van der Waals surface area contributed by atoms with Crippen molar-refractivity contribution in [2.45, 2.75) is 0 Å². The topological polar surface area (TPSA) is 67.2 Å². The minimum Gasteiger partial charge on any atom is -0.388 e. The van der Waals surface area contributed by atoms with Gasteiger partial charge in [-0.05, 0) is 18.2 Å². The summed E-state index contributed by atoms with van der Waals surface area (Å²) in [5.41, 5.74) is 1.86. The largest absolute Gasteiger partial charge is 0.388 e. The Hall–Kier alpha value is -2.30. The quantitative estimate of drug-likeness (QED) is 0.629. The monoisotopic (exact) mass is 231 g/mol. The molecule has 0 aliphatic carbocycles. The zero-order valence-electron chi connectivity index (χ0n) is 9.65. The van der Waals surface area contributed by atoms with Crippen molar-refractivity contribution in [2.24, 2.45) is 0 Å². The third kappa shape index (κ3) is 1.75. The van der Waals surface area contributed by atoms with Gasteiger partial charge in [0.2, 0.25) is 0 Å². The molecular formula is C12H13N3O2. The molecule has 0 fully saturated rings. The molecular weight excluding hydrogens is 218 g/mol. The van der Waals surface area contributed by atoms with Crippen molar-refractivity contribution in [1.82, 2.24) is 0 Å². The first-order valence-electron chi connectivity index (χ1n) is 5.24. The van der Waals surface area contributed by atoms with Crippen molar-refractivity contribution in [3.63, 3.8) is 0 Å². The van der Waals surface area contributed by atoms with Gasteiger partial charge in [-0.2, -0.15) is 0 Å². The number of anilines is 2. The van der Waals surface area contributed by atoms with E-state index >= 15 is 0 Å². The van der Waals surface area contributed by atoms with E-state index in [1.54, 1.807) is 32.3 Å². The second-order valence-corrected chi connectivity index (χ2v) is 3.62. The van der Waals surface area contributed by atoms with Gasteiger partial charge in [0.1, 0.15) is 0 Å². The van der Waals surface area contributed by atoms with Crippen LogP contribution in [0, 0.1) is 10.1 Å². The van der Waals surface area contributed by atoms with Crippen LogP contribution in [0.25, 0.3) is 10.8 Å². The highest BCUT2D eigenvalue weighted by Crippen LogP contribution is 2.35. The van der Waals surface area contributed by atoms with Crippen molar-refractivity contribution >= 4 is 27.8 Å². The molecule has 2 rings (SSSR count). The molecule has 5 nitrogen and oxygen atoms in total. The lowest BCUT2D eigenvalue weighted by Gasteiger charge is -2.11. The standard InChI is InChI=1S/C12H13N3O2/c1-13-9-5-3-4-8-11(15(16)17)7-6-10(14-2)12(8)9/h3-7,13-14H,1-2H3. The van der Waals surface area contributed by atoms with Gasteiger partial charge in [0.25, 0.3) is 5.69 Å². The molecule has 0 aromatic heterocycles. The lowest BCUT2D eigenvalue weighted by atomic mass is 10.0. The molecule has 0 atom stereocenters. The van der Waals surface area contributed by atoms with Gasteiger partial charge in [-0.25, -0.2) is 0 Å². The number of nitro groups is 1. The molecule has 2 aromatic rings. The Labute approximate surface area is 98.6 Å². The van der Waals surface area contributed by atoms with Gasteiger partial charge < -0.3 is 10.6 Å². The Morgan fingerprint density at radius 1 is 1.06 bits per heavy atom. The van der Waals surface area contributed by atoms with Crippen LogP contribution in [0.4, 0.5) is 17.1 Å². The number of nitrogens with zero attached hydrogens (tertiary/aromatic N) is 1. The highest BCUT2D eigenvalue weighted by atomic mass is 16.6. The molecule has 0 saturated heterocycles. The van der Waals surface area contributed by atoms with Gasteiger partial charge in [-0.3, -0.25) is 10.1 Å². The number of nitro benzene ring substituents is 1. The molecule has 0 radical (unpaired) electrons. The molecule has 0 aliphatic heterocycles. The van der Waals surface area contributed by atoms with Crippen LogP contribution in [0.3, 0.4) is 0 Å². The summed E-state index contributed by atoms with van der Waals surface area (Å²) < 4.78 is 0. The molecule has 0 heterocycles. The Morgan fingerprint density at radius 3 is 2.29 bits per heavy atom. The number of non-ortho nitro benzene ring substituents is 1. The normalized spacial score (nSPS) is 10.2. The fraction of sp³-hybridized carbons (Fsp3) is 0.167. The minimum absolute atomic E-state index is 0.121. The summed E-state index contributed by atoms with van der Waals surface area (Å²) in [6.07, 6.45) is 0. The number of benzene rings is 2. The zero-order valence-corrected chi connectivity index (χ0v) is 9.65. The first-order valence-corrected chi connectivity index (χ1v) is 5.24. The molecule has 0 unspecified atom stereocenters.